The first kappa shape index (κ1) is 16.0. The minimum absolute atomic E-state index is 0.578. The molecule has 1 atom stereocenters. The minimum atomic E-state index is 0.578. The smallest absolute Gasteiger partial charge is 0.0243 e. The van der Waals surface area contributed by atoms with Crippen LogP contribution in [0.1, 0.15) is 43.4 Å². The molecule has 1 aliphatic rings. The number of hydrogen-bond donors (Lipinski definition) is 0. The average molecular weight is 305 g/mol. The highest BCUT2D eigenvalue weighted by Crippen LogP contribution is 2.32. The van der Waals surface area contributed by atoms with Crippen molar-refractivity contribution in [2.24, 2.45) is 5.92 Å². The molecule has 23 heavy (non-hydrogen) atoms. The van der Waals surface area contributed by atoms with Crippen molar-refractivity contribution in [2.75, 3.05) is 6.54 Å². The monoisotopic (exact) mass is 305 g/mol. The van der Waals surface area contributed by atoms with Crippen LogP contribution in [0.25, 0.3) is 5.57 Å². The van der Waals surface area contributed by atoms with Gasteiger partial charge in [0, 0.05) is 19.6 Å². The minimum Gasteiger partial charge on any atom is -0.294 e. The van der Waals surface area contributed by atoms with Crippen LogP contribution in [0.4, 0.5) is 0 Å². The number of allylic oxidation sites excluding steroid dienone is 1. The van der Waals surface area contributed by atoms with Gasteiger partial charge in [-0.2, -0.15) is 0 Å². The molecule has 0 fully saturated rings. The molecule has 0 aliphatic carbocycles. The molecule has 1 nitrogen and oxygen atoms in total. The van der Waals surface area contributed by atoms with Gasteiger partial charge in [-0.05, 0) is 34.6 Å². The molecule has 2 aromatic carbocycles. The lowest BCUT2D eigenvalue weighted by Crippen LogP contribution is -2.26. The topological polar surface area (TPSA) is 3.24 Å². The Balaban J connectivity index is 1.89. The fourth-order valence-electron chi connectivity index (χ4n) is 3.57. The Morgan fingerprint density at radius 3 is 2.57 bits per heavy atom. The predicted molar refractivity (Wildman–Crippen MR) is 99.0 cm³/mol. The van der Waals surface area contributed by atoms with Crippen molar-refractivity contribution in [3.05, 3.63) is 77.4 Å². The summed E-state index contributed by atoms with van der Waals surface area (Å²) in [5, 5.41) is 0. The number of benzene rings is 2. The first-order valence-electron chi connectivity index (χ1n) is 8.82. The molecule has 0 N–H and O–H groups in total. The molecular weight excluding hydrogens is 278 g/mol. The summed E-state index contributed by atoms with van der Waals surface area (Å²) in [5.74, 6) is 0.578. The number of nitrogens with zero attached hydrogens (tertiary/aromatic N) is 1. The van der Waals surface area contributed by atoms with E-state index >= 15 is 0 Å². The third kappa shape index (κ3) is 3.92. The van der Waals surface area contributed by atoms with E-state index in [1.54, 1.807) is 0 Å². The molecule has 0 amide bonds. The second-order valence-corrected chi connectivity index (χ2v) is 6.66. The van der Waals surface area contributed by atoms with E-state index in [0.717, 1.165) is 19.6 Å². The van der Waals surface area contributed by atoms with E-state index in [1.165, 1.54) is 35.1 Å². The van der Waals surface area contributed by atoms with Crippen molar-refractivity contribution < 1.29 is 0 Å². The van der Waals surface area contributed by atoms with Crippen LogP contribution < -0.4 is 0 Å². The molecule has 0 radical (unpaired) electrons. The number of fused-ring (bicyclic) bond motifs is 1. The van der Waals surface area contributed by atoms with Crippen LogP contribution in [0.2, 0.25) is 0 Å². The summed E-state index contributed by atoms with van der Waals surface area (Å²) < 4.78 is 0. The van der Waals surface area contributed by atoms with Gasteiger partial charge in [0.1, 0.15) is 0 Å². The van der Waals surface area contributed by atoms with E-state index in [9.17, 15) is 0 Å². The molecule has 1 heteroatoms. The summed E-state index contributed by atoms with van der Waals surface area (Å²) in [7, 11) is 0. The van der Waals surface area contributed by atoms with Gasteiger partial charge in [-0.25, -0.2) is 0 Å². The highest BCUT2D eigenvalue weighted by Gasteiger charge is 2.22. The normalized spacial score (nSPS) is 20.3. The average Bonchev–Trinajstić information content (AvgIpc) is 2.69. The second-order valence-electron chi connectivity index (χ2n) is 6.66. The third-order valence-corrected chi connectivity index (χ3v) is 4.69. The fraction of sp³-hybridized carbons (Fsp3) is 0.364. The molecule has 0 saturated carbocycles. The van der Waals surface area contributed by atoms with E-state index in [2.05, 4.69) is 79.4 Å². The van der Waals surface area contributed by atoms with Gasteiger partial charge in [0.15, 0.2) is 0 Å². The molecule has 1 aliphatic heterocycles. The number of hydrogen-bond acceptors (Lipinski definition) is 1. The van der Waals surface area contributed by atoms with Gasteiger partial charge in [0.25, 0.3) is 0 Å². The van der Waals surface area contributed by atoms with Crippen LogP contribution in [0.15, 0.2) is 60.7 Å². The summed E-state index contributed by atoms with van der Waals surface area (Å²) in [6.07, 6.45) is 4.86. The molecule has 0 saturated heterocycles. The maximum absolute atomic E-state index is 2.59. The standard InChI is InChI=1S/C22H27N/c1-3-4-13-21-18(2)15-23(16-19-10-6-5-7-11-19)17-20-12-8-9-14-22(20)21/h5-14,18H,3-4,15-17H2,1-2H3/b21-13-. The molecule has 120 valence electrons. The van der Waals surface area contributed by atoms with Gasteiger partial charge in [0.05, 0.1) is 0 Å². The Bertz CT molecular complexity index is 657. The first-order valence-corrected chi connectivity index (χ1v) is 8.82. The van der Waals surface area contributed by atoms with Crippen LogP contribution in [-0.2, 0) is 13.1 Å². The Kier molecular flexibility index (Phi) is 5.30. The summed E-state index contributed by atoms with van der Waals surface area (Å²) in [4.78, 5) is 2.59. The van der Waals surface area contributed by atoms with Crippen LogP contribution in [0.5, 0.6) is 0 Å². The highest BCUT2D eigenvalue weighted by atomic mass is 15.1. The summed E-state index contributed by atoms with van der Waals surface area (Å²) in [6, 6.07) is 19.8. The zero-order valence-electron chi connectivity index (χ0n) is 14.3. The molecule has 0 bridgehead atoms. The van der Waals surface area contributed by atoms with Crippen molar-refractivity contribution in [3.63, 3.8) is 0 Å². The van der Waals surface area contributed by atoms with Crippen LogP contribution >= 0.6 is 0 Å². The van der Waals surface area contributed by atoms with Gasteiger partial charge < -0.3 is 0 Å². The first-order chi connectivity index (χ1) is 11.3. The lowest BCUT2D eigenvalue weighted by Gasteiger charge is -2.23. The predicted octanol–water partition coefficient (Wildman–Crippen LogP) is 5.52. The van der Waals surface area contributed by atoms with Gasteiger partial charge in [-0.1, -0.05) is 80.9 Å². The lowest BCUT2D eigenvalue weighted by atomic mass is 9.91. The zero-order valence-corrected chi connectivity index (χ0v) is 14.3. The van der Waals surface area contributed by atoms with Crippen molar-refractivity contribution in [3.8, 4) is 0 Å². The summed E-state index contributed by atoms with van der Waals surface area (Å²) in [5.41, 5.74) is 5.87. The van der Waals surface area contributed by atoms with E-state index in [4.69, 9.17) is 0 Å². The number of unbranched alkanes of at least 4 members (excludes halogenated alkanes) is 1. The number of rotatable bonds is 4. The van der Waals surface area contributed by atoms with Gasteiger partial charge >= 0.3 is 0 Å². The maximum Gasteiger partial charge on any atom is 0.0243 e. The molecule has 0 aromatic heterocycles. The van der Waals surface area contributed by atoms with Crippen molar-refractivity contribution in [1.29, 1.82) is 0 Å². The molecule has 2 aromatic rings. The van der Waals surface area contributed by atoms with Crippen LogP contribution in [-0.4, -0.2) is 11.4 Å². The molecular formula is C22H27N. The molecule has 0 spiro atoms. The zero-order chi connectivity index (χ0) is 16.1. The van der Waals surface area contributed by atoms with Gasteiger partial charge in [-0.15, -0.1) is 0 Å². The molecule has 3 rings (SSSR count). The SMILES string of the molecule is CCC/C=C1\c2ccccc2CN(Cc2ccccc2)CC1C. The highest BCUT2D eigenvalue weighted by molar-refractivity contribution is 5.70. The van der Waals surface area contributed by atoms with E-state index in [0.29, 0.717) is 5.92 Å². The third-order valence-electron chi connectivity index (χ3n) is 4.69. The Hall–Kier alpha value is -1.86. The van der Waals surface area contributed by atoms with E-state index in [1.807, 2.05) is 0 Å². The van der Waals surface area contributed by atoms with Gasteiger partial charge in [-0.3, -0.25) is 4.90 Å². The van der Waals surface area contributed by atoms with Gasteiger partial charge in [0.2, 0.25) is 0 Å². The largest absolute Gasteiger partial charge is 0.294 e. The van der Waals surface area contributed by atoms with Crippen LogP contribution in [0.3, 0.4) is 0 Å². The van der Waals surface area contributed by atoms with Crippen LogP contribution in [0, 0.1) is 5.92 Å². The lowest BCUT2D eigenvalue weighted by molar-refractivity contribution is 0.244. The van der Waals surface area contributed by atoms with E-state index < -0.39 is 0 Å². The summed E-state index contributed by atoms with van der Waals surface area (Å²) in [6.45, 7) is 7.83. The fourth-order valence-corrected chi connectivity index (χ4v) is 3.57. The van der Waals surface area contributed by atoms with Crippen molar-refractivity contribution >= 4 is 5.57 Å². The summed E-state index contributed by atoms with van der Waals surface area (Å²) >= 11 is 0. The van der Waals surface area contributed by atoms with Crippen molar-refractivity contribution in [2.45, 2.75) is 39.8 Å². The van der Waals surface area contributed by atoms with E-state index in [-0.39, 0.29) is 0 Å². The Morgan fingerprint density at radius 2 is 1.78 bits per heavy atom. The van der Waals surface area contributed by atoms with Crippen molar-refractivity contribution in [1.82, 2.24) is 4.90 Å². The Morgan fingerprint density at radius 1 is 1.04 bits per heavy atom. The molecule has 1 heterocycles. The Labute approximate surface area is 140 Å². The quantitative estimate of drug-likeness (QED) is 0.718. The second kappa shape index (κ2) is 7.61. The maximum atomic E-state index is 2.59. The molecule has 1 unspecified atom stereocenters.